The Bertz CT molecular complexity index is 485. The molecule has 1 aromatic rings. The molecule has 0 radical (unpaired) electrons. The maximum Gasteiger partial charge on any atom is 0.251 e. The predicted octanol–water partition coefficient (Wildman–Crippen LogP) is 2.38. The van der Waals surface area contributed by atoms with E-state index in [9.17, 15) is 4.79 Å². The van der Waals surface area contributed by atoms with Gasteiger partial charge in [0.25, 0.3) is 5.91 Å². The highest BCUT2D eigenvalue weighted by atomic mass is 35.5. The Kier molecular flexibility index (Phi) is 8.99. The van der Waals surface area contributed by atoms with E-state index in [1.165, 1.54) is 0 Å². The molecule has 5 nitrogen and oxygen atoms in total. The summed E-state index contributed by atoms with van der Waals surface area (Å²) in [6.45, 7) is 1.88. The number of nitrogens with one attached hydrogen (secondary N) is 1. The first-order chi connectivity index (χ1) is 10.7. The van der Waals surface area contributed by atoms with Crippen molar-refractivity contribution in [1.82, 2.24) is 5.32 Å². The monoisotopic (exact) mass is 342 g/mol. The Hall–Kier alpha value is -1.30. The summed E-state index contributed by atoms with van der Waals surface area (Å²) in [5.74, 6) is 1.07. The third-order valence-corrected chi connectivity index (χ3v) is 4.14. The van der Waals surface area contributed by atoms with Crippen LogP contribution >= 0.6 is 12.4 Å². The summed E-state index contributed by atoms with van der Waals surface area (Å²) in [6.07, 6.45) is 4.08. The molecule has 3 N–H and O–H groups in total. The number of rotatable bonds is 8. The van der Waals surface area contributed by atoms with Gasteiger partial charge in [-0.15, -0.1) is 12.4 Å². The van der Waals surface area contributed by atoms with E-state index >= 15 is 0 Å². The van der Waals surface area contributed by atoms with Gasteiger partial charge in [0.2, 0.25) is 0 Å². The van der Waals surface area contributed by atoms with Crippen molar-refractivity contribution in [2.75, 3.05) is 26.9 Å². The molecule has 2 unspecified atom stereocenters. The van der Waals surface area contributed by atoms with E-state index in [4.69, 9.17) is 15.2 Å². The molecule has 1 aliphatic carbocycles. The first-order valence-electron chi connectivity index (χ1n) is 7.97. The zero-order valence-corrected chi connectivity index (χ0v) is 14.4. The highest BCUT2D eigenvalue weighted by molar-refractivity contribution is 5.94. The van der Waals surface area contributed by atoms with Gasteiger partial charge in [0.05, 0.1) is 6.61 Å². The van der Waals surface area contributed by atoms with E-state index in [1.807, 2.05) is 18.2 Å². The molecule has 1 aromatic carbocycles. The van der Waals surface area contributed by atoms with Crippen LogP contribution in [0.2, 0.25) is 0 Å². The molecule has 1 saturated carbocycles. The molecule has 0 heterocycles. The van der Waals surface area contributed by atoms with Gasteiger partial charge in [-0.05, 0) is 43.5 Å². The molecule has 2 atom stereocenters. The van der Waals surface area contributed by atoms with Gasteiger partial charge in [0, 0.05) is 31.7 Å². The first kappa shape index (κ1) is 19.7. The Morgan fingerprint density at radius 3 is 2.91 bits per heavy atom. The van der Waals surface area contributed by atoms with E-state index in [2.05, 4.69) is 5.32 Å². The van der Waals surface area contributed by atoms with Gasteiger partial charge in [-0.2, -0.15) is 0 Å². The van der Waals surface area contributed by atoms with Crippen molar-refractivity contribution in [3.63, 3.8) is 0 Å². The quantitative estimate of drug-likeness (QED) is 0.711. The lowest BCUT2D eigenvalue weighted by Crippen LogP contribution is -2.39. The minimum absolute atomic E-state index is 0. The zero-order chi connectivity index (χ0) is 15.8. The maximum atomic E-state index is 12.4. The van der Waals surface area contributed by atoms with Gasteiger partial charge in [-0.1, -0.05) is 12.5 Å². The SMILES string of the molecule is COCCCOc1cccc(C(=O)NC2CCCC2CN)c1.Cl. The van der Waals surface area contributed by atoms with Crippen LogP contribution in [-0.4, -0.2) is 38.8 Å². The summed E-state index contributed by atoms with van der Waals surface area (Å²) in [5, 5.41) is 3.11. The topological polar surface area (TPSA) is 73.6 Å². The van der Waals surface area contributed by atoms with E-state index in [0.29, 0.717) is 37.0 Å². The van der Waals surface area contributed by atoms with Crippen molar-refractivity contribution in [1.29, 1.82) is 0 Å². The molecule has 0 saturated heterocycles. The number of methoxy groups -OCH3 is 1. The van der Waals surface area contributed by atoms with Crippen LogP contribution in [0.25, 0.3) is 0 Å². The second kappa shape index (κ2) is 10.5. The van der Waals surface area contributed by atoms with Crippen molar-refractivity contribution in [2.45, 2.75) is 31.7 Å². The van der Waals surface area contributed by atoms with Crippen LogP contribution in [0.3, 0.4) is 0 Å². The van der Waals surface area contributed by atoms with Crippen molar-refractivity contribution < 1.29 is 14.3 Å². The van der Waals surface area contributed by atoms with Crippen LogP contribution in [-0.2, 0) is 4.74 Å². The van der Waals surface area contributed by atoms with Crippen LogP contribution in [0, 0.1) is 5.92 Å². The van der Waals surface area contributed by atoms with Crippen molar-refractivity contribution in [3.05, 3.63) is 29.8 Å². The number of carbonyl (C=O) groups excluding carboxylic acids is 1. The van der Waals surface area contributed by atoms with Gasteiger partial charge in [-0.25, -0.2) is 0 Å². The summed E-state index contributed by atoms with van der Waals surface area (Å²) in [5.41, 5.74) is 6.39. The number of amides is 1. The molecule has 0 bridgehead atoms. The molecular formula is C17H27ClN2O3. The largest absolute Gasteiger partial charge is 0.493 e. The number of benzene rings is 1. The van der Waals surface area contributed by atoms with Crippen molar-refractivity contribution in [2.24, 2.45) is 11.7 Å². The molecular weight excluding hydrogens is 316 g/mol. The van der Waals surface area contributed by atoms with Crippen molar-refractivity contribution >= 4 is 18.3 Å². The predicted molar refractivity (Wildman–Crippen MR) is 93.3 cm³/mol. The smallest absolute Gasteiger partial charge is 0.251 e. The minimum atomic E-state index is -0.0484. The molecule has 1 amide bonds. The molecule has 23 heavy (non-hydrogen) atoms. The van der Waals surface area contributed by atoms with E-state index in [-0.39, 0.29) is 24.4 Å². The average Bonchev–Trinajstić information content (AvgIpc) is 2.99. The Morgan fingerprint density at radius 1 is 1.35 bits per heavy atom. The first-order valence-corrected chi connectivity index (χ1v) is 7.97. The Balaban J connectivity index is 0.00000264. The lowest BCUT2D eigenvalue weighted by atomic mass is 10.0. The highest BCUT2D eigenvalue weighted by Gasteiger charge is 2.27. The molecule has 0 aliphatic heterocycles. The lowest BCUT2D eigenvalue weighted by molar-refractivity contribution is 0.0928. The molecule has 1 fully saturated rings. The number of nitrogens with two attached hydrogens (primary N) is 1. The second-order valence-corrected chi connectivity index (χ2v) is 5.73. The van der Waals surface area contributed by atoms with Crippen molar-refractivity contribution in [3.8, 4) is 5.75 Å². The van der Waals surface area contributed by atoms with Gasteiger partial charge >= 0.3 is 0 Å². The third kappa shape index (κ3) is 6.01. The molecule has 1 aliphatic rings. The fourth-order valence-electron chi connectivity index (χ4n) is 2.88. The van der Waals surface area contributed by atoms with Crippen LogP contribution in [0.4, 0.5) is 0 Å². The van der Waals surface area contributed by atoms with Gasteiger partial charge in [-0.3, -0.25) is 4.79 Å². The molecule has 130 valence electrons. The molecule has 0 aromatic heterocycles. The number of hydrogen-bond acceptors (Lipinski definition) is 4. The van der Waals surface area contributed by atoms with E-state index < -0.39 is 0 Å². The third-order valence-electron chi connectivity index (χ3n) is 4.14. The summed E-state index contributed by atoms with van der Waals surface area (Å²) < 4.78 is 10.6. The van der Waals surface area contributed by atoms with Crippen LogP contribution in [0.5, 0.6) is 5.75 Å². The van der Waals surface area contributed by atoms with E-state index in [0.717, 1.165) is 25.7 Å². The number of hydrogen-bond donors (Lipinski definition) is 2. The molecule has 2 rings (SSSR count). The highest BCUT2D eigenvalue weighted by Crippen LogP contribution is 2.25. The fraction of sp³-hybridized carbons (Fsp3) is 0.588. The normalized spacial score (nSPS) is 19.9. The van der Waals surface area contributed by atoms with Crippen LogP contribution in [0.1, 0.15) is 36.0 Å². The summed E-state index contributed by atoms with van der Waals surface area (Å²) >= 11 is 0. The average molecular weight is 343 g/mol. The standard InChI is InChI=1S/C17H26N2O3.ClH/c1-21-9-4-10-22-15-7-2-5-13(11-15)17(20)19-16-8-3-6-14(16)12-18;/h2,5,7,11,14,16H,3-4,6,8-10,12,18H2,1H3,(H,19,20);1H. The minimum Gasteiger partial charge on any atom is -0.493 e. The molecule has 6 heteroatoms. The fourth-order valence-corrected chi connectivity index (χ4v) is 2.88. The van der Waals surface area contributed by atoms with Gasteiger partial charge < -0.3 is 20.5 Å². The summed E-state index contributed by atoms with van der Waals surface area (Å²) in [6, 6.07) is 7.50. The summed E-state index contributed by atoms with van der Waals surface area (Å²) in [4.78, 5) is 12.4. The Morgan fingerprint density at radius 2 is 2.17 bits per heavy atom. The van der Waals surface area contributed by atoms with Crippen LogP contribution in [0.15, 0.2) is 24.3 Å². The number of halogens is 1. The zero-order valence-electron chi connectivity index (χ0n) is 13.6. The van der Waals surface area contributed by atoms with Gasteiger partial charge in [0.1, 0.15) is 5.75 Å². The Labute approximate surface area is 144 Å². The van der Waals surface area contributed by atoms with Crippen LogP contribution < -0.4 is 15.8 Å². The second-order valence-electron chi connectivity index (χ2n) is 5.73. The molecule has 0 spiro atoms. The number of ether oxygens (including phenoxy) is 2. The van der Waals surface area contributed by atoms with E-state index in [1.54, 1.807) is 13.2 Å². The maximum absolute atomic E-state index is 12.4. The lowest BCUT2D eigenvalue weighted by Gasteiger charge is -2.19. The van der Waals surface area contributed by atoms with Gasteiger partial charge in [0.15, 0.2) is 0 Å². The summed E-state index contributed by atoms with van der Waals surface area (Å²) in [7, 11) is 1.67. The number of carbonyl (C=O) groups is 1.